The van der Waals surface area contributed by atoms with Crippen molar-refractivity contribution in [2.24, 2.45) is 7.05 Å². The van der Waals surface area contributed by atoms with E-state index in [4.69, 9.17) is 4.98 Å². The molecule has 0 radical (unpaired) electrons. The second-order valence-corrected chi connectivity index (χ2v) is 6.73. The van der Waals surface area contributed by atoms with Crippen LogP contribution in [-0.2, 0) is 13.6 Å². The zero-order chi connectivity index (χ0) is 19.1. The zero-order valence-corrected chi connectivity index (χ0v) is 15.7. The monoisotopic (exact) mass is 369 g/mol. The Labute approximate surface area is 161 Å². The van der Waals surface area contributed by atoms with Crippen LogP contribution in [0.25, 0.3) is 27.8 Å². The van der Waals surface area contributed by atoms with Gasteiger partial charge >= 0.3 is 0 Å². The van der Waals surface area contributed by atoms with E-state index < -0.39 is 0 Å². The van der Waals surface area contributed by atoms with Gasteiger partial charge in [-0.05, 0) is 30.7 Å². The molecule has 0 amide bonds. The number of nitrogens with one attached hydrogen (secondary N) is 1. The molecule has 0 aliphatic heterocycles. The summed E-state index contributed by atoms with van der Waals surface area (Å²) in [7, 11) is 2.04. The molecule has 2 aromatic carbocycles. The summed E-state index contributed by atoms with van der Waals surface area (Å²) < 4.78 is 3.95. The summed E-state index contributed by atoms with van der Waals surface area (Å²) >= 11 is 0. The van der Waals surface area contributed by atoms with Crippen molar-refractivity contribution in [3.8, 4) is 5.69 Å². The lowest BCUT2D eigenvalue weighted by Gasteiger charge is -2.08. The van der Waals surface area contributed by atoms with Gasteiger partial charge in [0.2, 0.25) is 0 Å². The highest BCUT2D eigenvalue weighted by Gasteiger charge is 2.13. The van der Waals surface area contributed by atoms with E-state index in [-0.39, 0.29) is 0 Å². The Balaban J connectivity index is 1.49. The summed E-state index contributed by atoms with van der Waals surface area (Å²) in [5.74, 6) is 1.70. The number of rotatable bonds is 4. The molecule has 7 nitrogen and oxygen atoms in total. The van der Waals surface area contributed by atoms with Gasteiger partial charge in [-0.2, -0.15) is 5.10 Å². The van der Waals surface area contributed by atoms with Gasteiger partial charge in [0, 0.05) is 7.05 Å². The highest BCUT2D eigenvalue weighted by molar-refractivity contribution is 5.87. The molecule has 0 unspecified atom stereocenters. The molecular weight excluding hydrogens is 350 g/mol. The topological polar surface area (TPSA) is 73.5 Å². The Kier molecular flexibility index (Phi) is 3.79. The number of hydrogen-bond acceptors (Lipinski definition) is 5. The third-order valence-corrected chi connectivity index (χ3v) is 4.97. The molecule has 138 valence electrons. The molecule has 0 saturated carbocycles. The van der Waals surface area contributed by atoms with E-state index in [1.54, 1.807) is 12.5 Å². The van der Waals surface area contributed by atoms with Crippen LogP contribution < -0.4 is 5.32 Å². The predicted octanol–water partition coefficient (Wildman–Crippen LogP) is 3.62. The molecule has 28 heavy (non-hydrogen) atoms. The van der Waals surface area contributed by atoms with Gasteiger partial charge in [-0.1, -0.05) is 30.3 Å². The van der Waals surface area contributed by atoms with Crippen LogP contribution in [0, 0.1) is 6.92 Å². The van der Waals surface area contributed by atoms with Gasteiger partial charge in [-0.25, -0.2) is 19.6 Å². The second kappa shape index (κ2) is 6.45. The van der Waals surface area contributed by atoms with E-state index in [0.29, 0.717) is 6.54 Å². The lowest BCUT2D eigenvalue weighted by Crippen LogP contribution is -2.08. The van der Waals surface area contributed by atoms with E-state index in [1.807, 2.05) is 54.2 Å². The van der Waals surface area contributed by atoms with Crippen LogP contribution in [0.1, 0.15) is 11.4 Å². The van der Waals surface area contributed by atoms with Crippen LogP contribution in [0.4, 0.5) is 5.82 Å². The van der Waals surface area contributed by atoms with E-state index in [9.17, 15) is 0 Å². The molecule has 0 bridgehead atoms. The summed E-state index contributed by atoms with van der Waals surface area (Å²) in [5.41, 5.74) is 5.11. The Morgan fingerprint density at radius 1 is 1.00 bits per heavy atom. The van der Waals surface area contributed by atoms with Crippen LogP contribution in [0.3, 0.4) is 0 Å². The molecule has 0 spiro atoms. The first kappa shape index (κ1) is 16.4. The van der Waals surface area contributed by atoms with Crippen molar-refractivity contribution in [1.29, 1.82) is 0 Å². The lowest BCUT2D eigenvalue weighted by molar-refractivity contribution is 0.830. The molecule has 7 heteroatoms. The van der Waals surface area contributed by atoms with Crippen LogP contribution in [0.2, 0.25) is 0 Å². The summed E-state index contributed by atoms with van der Waals surface area (Å²) in [5, 5.41) is 8.78. The number of imidazole rings is 1. The van der Waals surface area contributed by atoms with Crippen molar-refractivity contribution < 1.29 is 0 Å². The maximum Gasteiger partial charge on any atom is 0.168 e. The quantitative estimate of drug-likeness (QED) is 0.524. The van der Waals surface area contributed by atoms with E-state index in [0.717, 1.165) is 39.4 Å². The standard InChI is InChI=1S/C21H19N7/c1-14-7-6-10-17-19(14)27(2)18(26-17)12-22-20-16-11-25-28(21(16)24-13-23-20)15-8-4-3-5-9-15/h3-11,13H,12H2,1-2H3,(H,22,23,24). The highest BCUT2D eigenvalue weighted by Crippen LogP contribution is 2.23. The smallest absolute Gasteiger partial charge is 0.168 e. The van der Waals surface area contributed by atoms with E-state index in [2.05, 4.69) is 37.9 Å². The minimum absolute atomic E-state index is 0.563. The molecule has 5 rings (SSSR count). The number of anilines is 1. The van der Waals surface area contributed by atoms with E-state index in [1.165, 1.54) is 5.56 Å². The molecule has 0 fully saturated rings. The van der Waals surface area contributed by atoms with Crippen molar-refractivity contribution in [1.82, 2.24) is 29.3 Å². The number of fused-ring (bicyclic) bond motifs is 2. The fourth-order valence-electron chi connectivity index (χ4n) is 3.58. The average molecular weight is 369 g/mol. The largest absolute Gasteiger partial charge is 0.362 e. The Morgan fingerprint density at radius 3 is 2.68 bits per heavy atom. The van der Waals surface area contributed by atoms with Gasteiger partial charge < -0.3 is 9.88 Å². The number of nitrogens with zero attached hydrogens (tertiary/aromatic N) is 6. The second-order valence-electron chi connectivity index (χ2n) is 6.73. The molecule has 0 saturated heterocycles. The molecule has 3 aromatic heterocycles. The first-order valence-corrected chi connectivity index (χ1v) is 9.11. The molecule has 3 heterocycles. The SMILES string of the molecule is Cc1cccc2nc(CNc3ncnc4c3cnn4-c3ccccc3)n(C)c12. The summed E-state index contributed by atoms with van der Waals surface area (Å²) in [6.45, 7) is 2.67. The van der Waals surface area contributed by atoms with Crippen LogP contribution in [0.5, 0.6) is 0 Å². The maximum atomic E-state index is 4.76. The van der Waals surface area contributed by atoms with Gasteiger partial charge in [0.25, 0.3) is 0 Å². The fourth-order valence-corrected chi connectivity index (χ4v) is 3.58. The van der Waals surface area contributed by atoms with Gasteiger partial charge in [-0.15, -0.1) is 0 Å². The normalized spacial score (nSPS) is 11.4. The zero-order valence-electron chi connectivity index (χ0n) is 15.7. The minimum Gasteiger partial charge on any atom is -0.362 e. The molecule has 5 aromatic rings. The molecule has 0 aliphatic carbocycles. The molecule has 1 N–H and O–H groups in total. The number of aromatic nitrogens is 6. The van der Waals surface area contributed by atoms with Crippen LogP contribution in [-0.4, -0.2) is 29.3 Å². The number of benzene rings is 2. The van der Waals surface area contributed by atoms with Gasteiger partial charge in [0.15, 0.2) is 5.65 Å². The molecule has 0 aliphatic rings. The van der Waals surface area contributed by atoms with Crippen molar-refractivity contribution in [3.05, 3.63) is 72.4 Å². The van der Waals surface area contributed by atoms with Crippen LogP contribution >= 0.6 is 0 Å². The van der Waals surface area contributed by atoms with Crippen molar-refractivity contribution in [2.75, 3.05) is 5.32 Å². The van der Waals surface area contributed by atoms with Crippen molar-refractivity contribution >= 4 is 27.9 Å². The molecular formula is C21H19N7. The van der Waals surface area contributed by atoms with Crippen LogP contribution in [0.15, 0.2) is 61.1 Å². The Hall–Kier alpha value is -3.74. The minimum atomic E-state index is 0.563. The summed E-state index contributed by atoms with van der Waals surface area (Å²) in [6, 6.07) is 16.1. The van der Waals surface area contributed by atoms with Crippen molar-refractivity contribution in [3.63, 3.8) is 0 Å². The maximum absolute atomic E-state index is 4.76. The fraction of sp³-hybridized carbons (Fsp3) is 0.143. The van der Waals surface area contributed by atoms with Crippen molar-refractivity contribution in [2.45, 2.75) is 13.5 Å². The third-order valence-electron chi connectivity index (χ3n) is 4.97. The Morgan fingerprint density at radius 2 is 1.86 bits per heavy atom. The number of para-hydroxylation sites is 2. The summed E-state index contributed by atoms with van der Waals surface area (Å²) in [4.78, 5) is 13.6. The first-order valence-electron chi connectivity index (χ1n) is 9.11. The first-order chi connectivity index (χ1) is 13.7. The van der Waals surface area contributed by atoms with E-state index >= 15 is 0 Å². The molecule has 0 atom stereocenters. The predicted molar refractivity (Wildman–Crippen MR) is 109 cm³/mol. The summed E-state index contributed by atoms with van der Waals surface area (Å²) in [6.07, 6.45) is 3.36. The number of aryl methyl sites for hydroxylation is 2. The Bertz CT molecular complexity index is 1280. The lowest BCUT2D eigenvalue weighted by atomic mass is 10.2. The van der Waals surface area contributed by atoms with Gasteiger partial charge in [0.05, 0.1) is 34.8 Å². The van der Waals surface area contributed by atoms with Gasteiger partial charge in [0.1, 0.15) is 18.0 Å². The average Bonchev–Trinajstić information content (AvgIpc) is 3.29. The highest BCUT2D eigenvalue weighted by atomic mass is 15.3. The third kappa shape index (κ3) is 2.60. The van der Waals surface area contributed by atoms with Gasteiger partial charge in [-0.3, -0.25) is 0 Å². The number of hydrogen-bond donors (Lipinski definition) is 1.